The minimum absolute atomic E-state index is 0.0371. The summed E-state index contributed by atoms with van der Waals surface area (Å²) in [4.78, 5) is 30.0. The van der Waals surface area contributed by atoms with Gasteiger partial charge in [0.05, 0.1) is 17.4 Å². The average Bonchev–Trinajstić information content (AvgIpc) is 2.65. The number of pyridine rings is 1. The van der Waals surface area contributed by atoms with Crippen LogP contribution >= 0.6 is 0 Å². The second-order valence-electron chi connectivity index (χ2n) is 4.64. The SMILES string of the molecule is Cc1cncc(NC(=O)c2c(C)[nH]c(C(=O)O)c2C)c1. The molecule has 0 saturated heterocycles. The van der Waals surface area contributed by atoms with Crippen molar-refractivity contribution in [3.8, 4) is 0 Å². The van der Waals surface area contributed by atoms with Gasteiger partial charge in [-0.3, -0.25) is 9.78 Å². The zero-order chi connectivity index (χ0) is 14.9. The molecule has 0 aliphatic heterocycles. The molecule has 20 heavy (non-hydrogen) atoms. The van der Waals surface area contributed by atoms with Crippen LogP contribution in [0.5, 0.6) is 0 Å². The van der Waals surface area contributed by atoms with E-state index in [1.54, 1.807) is 32.3 Å². The lowest BCUT2D eigenvalue weighted by molar-refractivity contribution is 0.0690. The van der Waals surface area contributed by atoms with Crippen LogP contribution in [0, 0.1) is 20.8 Å². The van der Waals surface area contributed by atoms with Crippen molar-refractivity contribution in [2.75, 3.05) is 5.32 Å². The molecule has 0 bridgehead atoms. The number of carbonyl (C=O) groups excluding carboxylic acids is 1. The number of aryl methyl sites for hydroxylation is 2. The number of H-pyrrole nitrogens is 1. The molecule has 0 aliphatic carbocycles. The molecule has 1 amide bonds. The standard InChI is InChI=1S/C14H15N3O3/c1-7-4-10(6-15-5-7)17-13(18)11-8(2)12(14(19)20)16-9(11)3/h4-6,16H,1-3H3,(H,17,18)(H,19,20). The van der Waals surface area contributed by atoms with E-state index in [9.17, 15) is 9.59 Å². The molecule has 3 N–H and O–H groups in total. The highest BCUT2D eigenvalue weighted by atomic mass is 16.4. The van der Waals surface area contributed by atoms with E-state index in [0.717, 1.165) is 5.56 Å². The van der Waals surface area contributed by atoms with E-state index < -0.39 is 5.97 Å². The largest absolute Gasteiger partial charge is 0.477 e. The minimum atomic E-state index is -1.08. The average molecular weight is 273 g/mol. The molecule has 0 unspecified atom stereocenters. The van der Waals surface area contributed by atoms with E-state index in [4.69, 9.17) is 5.11 Å². The summed E-state index contributed by atoms with van der Waals surface area (Å²) in [5, 5.41) is 11.8. The molecule has 0 atom stereocenters. The van der Waals surface area contributed by atoms with Crippen LogP contribution in [0.4, 0.5) is 5.69 Å². The van der Waals surface area contributed by atoms with Gasteiger partial charge in [0, 0.05) is 11.9 Å². The van der Waals surface area contributed by atoms with Gasteiger partial charge in [-0.15, -0.1) is 0 Å². The number of anilines is 1. The Kier molecular flexibility index (Phi) is 3.56. The van der Waals surface area contributed by atoms with Gasteiger partial charge in [-0.25, -0.2) is 4.79 Å². The molecule has 2 heterocycles. The summed E-state index contributed by atoms with van der Waals surface area (Å²) in [7, 11) is 0. The Labute approximate surface area is 115 Å². The fourth-order valence-corrected chi connectivity index (χ4v) is 2.12. The van der Waals surface area contributed by atoms with Crippen LogP contribution in [-0.2, 0) is 0 Å². The third-order valence-electron chi connectivity index (χ3n) is 3.01. The molecule has 6 heteroatoms. The predicted octanol–water partition coefficient (Wildman–Crippen LogP) is 2.29. The maximum absolute atomic E-state index is 12.3. The highest BCUT2D eigenvalue weighted by molar-refractivity contribution is 6.08. The maximum atomic E-state index is 12.3. The number of aromatic nitrogens is 2. The highest BCUT2D eigenvalue weighted by Gasteiger charge is 2.21. The Balaban J connectivity index is 2.32. The summed E-state index contributed by atoms with van der Waals surface area (Å²) in [6, 6.07) is 1.79. The molecule has 0 fully saturated rings. The van der Waals surface area contributed by atoms with Gasteiger partial charge in [0.2, 0.25) is 0 Å². The number of carboxylic acids is 1. The molecule has 0 aliphatic rings. The van der Waals surface area contributed by atoms with Crippen LogP contribution in [0.3, 0.4) is 0 Å². The zero-order valence-corrected chi connectivity index (χ0v) is 11.4. The maximum Gasteiger partial charge on any atom is 0.352 e. The van der Waals surface area contributed by atoms with E-state index in [2.05, 4.69) is 15.3 Å². The summed E-state index contributed by atoms with van der Waals surface area (Å²) >= 11 is 0. The number of aromatic carboxylic acids is 1. The third kappa shape index (κ3) is 2.54. The van der Waals surface area contributed by atoms with Crippen LogP contribution in [-0.4, -0.2) is 27.0 Å². The first kappa shape index (κ1) is 13.8. The van der Waals surface area contributed by atoms with Gasteiger partial charge in [0.25, 0.3) is 5.91 Å². The normalized spacial score (nSPS) is 10.3. The number of amides is 1. The van der Waals surface area contributed by atoms with Crippen molar-refractivity contribution in [3.05, 3.63) is 46.5 Å². The van der Waals surface area contributed by atoms with Gasteiger partial charge in [-0.2, -0.15) is 0 Å². The second kappa shape index (κ2) is 5.16. The van der Waals surface area contributed by atoms with Gasteiger partial charge in [-0.05, 0) is 38.0 Å². The van der Waals surface area contributed by atoms with Crippen molar-refractivity contribution in [1.29, 1.82) is 0 Å². The van der Waals surface area contributed by atoms with Gasteiger partial charge in [0.1, 0.15) is 5.69 Å². The van der Waals surface area contributed by atoms with Crippen LogP contribution in [0.2, 0.25) is 0 Å². The molecule has 2 rings (SSSR count). The summed E-state index contributed by atoms with van der Waals surface area (Å²) in [6.07, 6.45) is 3.23. The Morgan fingerprint density at radius 1 is 1.25 bits per heavy atom. The molecular weight excluding hydrogens is 258 g/mol. The Morgan fingerprint density at radius 3 is 2.50 bits per heavy atom. The molecule has 0 saturated carbocycles. The third-order valence-corrected chi connectivity index (χ3v) is 3.01. The molecule has 0 aromatic carbocycles. The summed E-state index contributed by atoms with van der Waals surface area (Å²) < 4.78 is 0. The molecule has 2 aromatic rings. The van der Waals surface area contributed by atoms with Gasteiger partial charge in [0.15, 0.2) is 0 Å². The molecule has 0 spiro atoms. The van der Waals surface area contributed by atoms with Crippen molar-refractivity contribution < 1.29 is 14.7 Å². The number of aromatic amines is 1. The van der Waals surface area contributed by atoms with E-state index in [0.29, 0.717) is 22.5 Å². The smallest absolute Gasteiger partial charge is 0.352 e. The fraction of sp³-hybridized carbons (Fsp3) is 0.214. The molecule has 104 valence electrons. The molecule has 2 aromatic heterocycles. The fourth-order valence-electron chi connectivity index (χ4n) is 2.12. The molecule has 6 nitrogen and oxygen atoms in total. The second-order valence-corrected chi connectivity index (χ2v) is 4.64. The van der Waals surface area contributed by atoms with E-state index in [1.165, 1.54) is 0 Å². The summed E-state index contributed by atoms with van der Waals surface area (Å²) in [5.74, 6) is -1.43. The quantitative estimate of drug-likeness (QED) is 0.799. The molecule has 0 radical (unpaired) electrons. The van der Waals surface area contributed by atoms with Crippen molar-refractivity contribution in [2.45, 2.75) is 20.8 Å². The summed E-state index contributed by atoms with van der Waals surface area (Å²) in [5.41, 5.74) is 2.84. The van der Waals surface area contributed by atoms with Crippen molar-refractivity contribution >= 4 is 17.6 Å². The molecular formula is C14H15N3O3. The number of rotatable bonds is 3. The Hall–Kier alpha value is -2.63. The van der Waals surface area contributed by atoms with Crippen molar-refractivity contribution in [3.63, 3.8) is 0 Å². The topological polar surface area (TPSA) is 95.1 Å². The first-order chi connectivity index (χ1) is 9.40. The number of nitrogens with zero attached hydrogens (tertiary/aromatic N) is 1. The predicted molar refractivity (Wildman–Crippen MR) is 74.2 cm³/mol. The lowest BCUT2D eigenvalue weighted by Crippen LogP contribution is -2.14. The summed E-state index contributed by atoms with van der Waals surface area (Å²) in [6.45, 7) is 5.15. The number of carboxylic acid groups (broad SMARTS) is 1. The van der Waals surface area contributed by atoms with Crippen molar-refractivity contribution in [1.82, 2.24) is 9.97 Å². The van der Waals surface area contributed by atoms with Gasteiger partial charge >= 0.3 is 5.97 Å². The van der Waals surface area contributed by atoms with Crippen LogP contribution in [0.1, 0.15) is 37.7 Å². The monoisotopic (exact) mass is 273 g/mol. The van der Waals surface area contributed by atoms with Crippen molar-refractivity contribution in [2.24, 2.45) is 0 Å². The number of nitrogens with one attached hydrogen (secondary N) is 2. The first-order valence-corrected chi connectivity index (χ1v) is 6.05. The van der Waals surface area contributed by atoms with E-state index in [1.807, 2.05) is 6.92 Å². The minimum Gasteiger partial charge on any atom is -0.477 e. The van der Waals surface area contributed by atoms with Crippen LogP contribution in [0.15, 0.2) is 18.5 Å². The van der Waals surface area contributed by atoms with Crippen LogP contribution < -0.4 is 5.32 Å². The highest BCUT2D eigenvalue weighted by Crippen LogP contribution is 2.19. The van der Waals surface area contributed by atoms with Crippen LogP contribution in [0.25, 0.3) is 0 Å². The van der Waals surface area contributed by atoms with Gasteiger partial charge in [-0.1, -0.05) is 0 Å². The number of carbonyl (C=O) groups is 2. The zero-order valence-electron chi connectivity index (χ0n) is 11.4. The number of hydrogen-bond acceptors (Lipinski definition) is 3. The first-order valence-electron chi connectivity index (χ1n) is 6.05. The number of hydrogen-bond donors (Lipinski definition) is 3. The lowest BCUT2D eigenvalue weighted by atomic mass is 10.1. The van der Waals surface area contributed by atoms with E-state index in [-0.39, 0.29) is 11.6 Å². The van der Waals surface area contributed by atoms with E-state index >= 15 is 0 Å². The Bertz CT molecular complexity index is 689. The lowest BCUT2D eigenvalue weighted by Gasteiger charge is -2.06. The van der Waals surface area contributed by atoms with Gasteiger partial charge < -0.3 is 15.4 Å². The Morgan fingerprint density at radius 2 is 1.95 bits per heavy atom.